The number of fused-ring (bicyclic) bond motifs is 1. The lowest BCUT2D eigenvalue weighted by atomic mass is 10.2. The second-order valence-electron chi connectivity index (χ2n) is 4.69. The molecular formula is C16H15N3O. The zero-order chi connectivity index (χ0) is 13.9. The van der Waals surface area contributed by atoms with Crippen LogP contribution >= 0.6 is 0 Å². The fourth-order valence-corrected chi connectivity index (χ4v) is 2.28. The number of nitrogens with one attached hydrogen (secondary N) is 1. The molecule has 0 unspecified atom stereocenters. The lowest BCUT2D eigenvalue weighted by Gasteiger charge is -2.06. The van der Waals surface area contributed by atoms with Crippen LogP contribution in [0.25, 0.3) is 10.9 Å². The van der Waals surface area contributed by atoms with Crippen LogP contribution in [0.1, 0.15) is 16.1 Å². The molecule has 0 atom stereocenters. The minimum Gasteiger partial charge on any atom is -0.347 e. The van der Waals surface area contributed by atoms with Gasteiger partial charge in [0, 0.05) is 36.9 Å². The van der Waals surface area contributed by atoms with Crippen LogP contribution in [0.3, 0.4) is 0 Å². The van der Waals surface area contributed by atoms with Crippen molar-refractivity contribution in [1.29, 1.82) is 0 Å². The van der Waals surface area contributed by atoms with Crippen LogP contribution in [0.4, 0.5) is 0 Å². The second-order valence-corrected chi connectivity index (χ2v) is 4.69. The Balaban J connectivity index is 1.81. The number of carbonyl (C=O) groups excluding carboxylic acids is 1. The molecule has 2 heterocycles. The smallest absolute Gasteiger partial charge is 0.268 e. The van der Waals surface area contributed by atoms with Crippen LogP contribution < -0.4 is 5.32 Å². The van der Waals surface area contributed by atoms with E-state index in [9.17, 15) is 4.79 Å². The highest BCUT2D eigenvalue weighted by atomic mass is 16.1. The van der Waals surface area contributed by atoms with E-state index in [4.69, 9.17) is 0 Å². The number of hydrogen-bond donors (Lipinski definition) is 1. The molecule has 1 amide bonds. The third-order valence-electron chi connectivity index (χ3n) is 3.39. The maximum Gasteiger partial charge on any atom is 0.268 e. The van der Waals surface area contributed by atoms with E-state index in [1.807, 2.05) is 54.1 Å². The van der Waals surface area contributed by atoms with E-state index in [1.165, 1.54) is 0 Å². The van der Waals surface area contributed by atoms with Gasteiger partial charge in [0.25, 0.3) is 5.91 Å². The summed E-state index contributed by atoms with van der Waals surface area (Å²) >= 11 is 0. The molecule has 0 spiro atoms. The van der Waals surface area contributed by atoms with Gasteiger partial charge in [-0.2, -0.15) is 0 Å². The minimum absolute atomic E-state index is 0.0690. The molecule has 20 heavy (non-hydrogen) atoms. The Morgan fingerprint density at radius 2 is 1.95 bits per heavy atom. The number of para-hydroxylation sites is 1. The van der Waals surface area contributed by atoms with Gasteiger partial charge < -0.3 is 9.88 Å². The minimum atomic E-state index is -0.0690. The molecule has 0 fully saturated rings. The van der Waals surface area contributed by atoms with Gasteiger partial charge in [0.05, 0.1) is 0 Å². The Hall–Kier alpha value is -2.62. The van der Waals surface area contributed by atoms with Crippen LogP contribution in [0.5, 0.6) is 0 Å². The van der Waals surface area contributed by atoms with Gasteiger partial charge in [-0.3, -0.25) is 9.78 Å². The highest BCUT2D eigenvalue weighted by Crippen LogP contribution is 2.18. The summed E-state index contributed by atoms with van der Waals surface area (Å²) in [6.45, 7) is 0.503. The molecule has 0 aliphatic rings. The van der Waals surface area contributed by atoms with E-state index in [0.29, 0.717) is 12.2 Å². The molecule has 1 aromatic carbocycles. The first-order valence-electron chi connectivity index (χ1n) is 6.47. The summed E-state index contributed by atoms with van der Waals surface area (Å²) in [5, 5.41) is 4.00. The van der Waals surface area contributed by atoms with Crippen molar-refractivity contribution in [2.75, 3.05) is 0 Å². The van der Waals surface area contributed by atoms with Gasteiger partial charge >= 0.3 is 0 Å². The van der Waals surface area contributed by atoms with E-state index in [1.54, 1.807) is 12.4 Å². The van der Waals surface area contributed by atoms with E-state index >= 15 is 0 Å². The van der Waals surface area contributed by atoms with Crippen molar-refractivity contribution in [3.63, 3.8) is 0 Å². The molecule has 1 N–H and O–H groups in total. The van der Waals surface area contributed by atoms with E-state index in [-0.39, 0.29) is 5.91 Å². The van der Waals surface area contributed by atoms with Crippen molar-refractivity contribution in [2.45, 2.75) is 6.54 Å². The van der Waals surface area contributed by atoms with Crippen molar-refractivity contribution >= 4 is 16.8 Å². The number of carbonyl (C=O) groups is 1. The van der Waals surface area contributed by atoms with Crippen LogP contribution in [0.2, 0.25) is 0 Å². The first kappa shape index (κ1) is 12.4. The largest absolute Gasteiger partial charge is 0.347 e. The molecule has 4 nitrogen and oxygen atoms in total. The van der Waals surface area contributed by atoms with E-state index in [0.717, 1.165) is 16.5 Å². The molecule has 100 valence electrons. The highest BCUT2D eigenvalue weighted by molar-refractivity contribution is 5.98. The van der Waals surface area contributed by atoms with Gasteiger partial charge in [-0.05, 0) is 29.8 Å². The molecule has 3 aromatic rings. The first-order valence-corrected chi connectivity index (χ1v) is 6.47. The molecular weight excluding hydrogens is 250 g/mol. The predicted molar refractivity (Wildman–Crippen MR) is 78.3 cm³/mol. The quantitative estimate of drug-likeness (QED) is 0.791. The summed E-state index contributed by atoms with van der Waals surface area (Å²) in [6, 6.07) is 13.7. The maximum atomic E-state index is 12.3. The molecule has 0 aliphatic carbocycles. The summed E-state index contributed by atoms with van der Waals surface area (Å²) in [4.78, 5) is 16.2. The van der Waals surface area contributed by atoms with Crippen LogP contribution in [0, 0.1) is 0 Å². The third kappa shape index (κ3) is 2.28. The molecule has 4 heteroatoms. The number of aromatic nitrogens is 2. The standard InChI is InChI=1S/C16H15N3O/c1-19-14-5-3-2-4-13(14)10-15(19)16(20)18-11-12-6-8-17-9-7-12/h2-10H,11H2,1H3,(H,18,20). The Labute approximate surface area is 117 Å². The van der Waals surface area contributed by atoms with Crippen molar-refractivity contribution in [1.82, 2.24) is 14.9 Å². The summed E-state index contributed by atoms with van der Waals surface area (Å²) < 4.78 is 1.91. The Kier molecular flexibility index (Phi) is 3.21. The van der Waals surface area contributed by atoms with Gasteiger partial charge in [0.1, 0.15) is 5.69 Å². The van der Waals surface area contributed by atoms with Crippen molar-refractivity contribution in [2.24, 2.45) is 7.05 Å². The number of hydrogen-bond acceptors (Lipinski definition) is 2. The van der Waals surface area contributed by atoms with Crippen molar-refractivity contribution < 1.29 is 4.79 Å². The molecule has 0 aliphatic heterocycles. The Morgan fingerprint density at radius 1 is 1.20 bits per heavy atom. The zero-order valence-electron chi connectivity index (χ0n) is 11.2. The van der Waals surface area contributed by atoms with Crippen LogP contribution in [-0.4, -0.2) is 15.5 Å². The fourth-order valence-electron chi connectivity index (χ4n) is 2.28. The predicted octanol–water partition coefficient (Wildman–Crippen LogP) is 2.50. The average Bonchev–Trinajstić information content (AvgIpc) is 2.84. The number of amides is 1. The van der Waals surface area contributed by atoms with Gasteiger partial charge in [-0.1, -0.05) is 18.2 Å². The Bertz CT molecular complexity index is 747. The van der Waals surface area contributed by atoms with E-state index in [2.05, 4.69) is 10.3 Å². The number of aryl methyl sites for hydroxylation is 1. The summed E-state index contributed by atoms with van der Waals surface area (Å²) in [6.07, 6.45) is 3.44. The maximum absolute atomic E-state index is 12.3. The first-order chi connectivity index (χ1) is 9.75. The number of rotatable bonds is 3. The summed E-state index contributed by atoms with van der Waals surface area (Å²) in [5.41, 5.74) is 2.76. The second kappa shape index (κ2) is 5.17. The normalized spacial score (nSPS) is 10.7. The lowest BCUT2D eigenvalue weighted by molar-refractivity contribution is 0.0943. The average molecular weight is 265 g/mol. The monoisotopic (exact) mass is 265 g/mol. The van der Waals surface area contributed by atoms with Gasteiger partial charge in [0.15, 0.2) is 0 Å². The molecule has 0 saturated heterocycles. The van der Waals surface area contributed by atoms with Gasteiger partial charge in [-0.25, -0.2) is 0 Å². The SMILES string of the molecule is Cn1c(C(=O)NCc2ccncc2)cc2ccccc21. The molecule has 2 aromatic heterocycles. The number of benzene rings is 1. The lowest BCUT2D eigenvalue weighted by Crippen LogP contribution is -2.24. The summed E-state index contributed by atoms with van der Waals surface area (Å²) in [7, 11) is 1.91. The van der Waals surface area contributed by atoms with Gasteiger partial charge in [0.2, 0.25) is 0 Å². The van der Waals surface area contributed by atoms with Crippen LogP contribution in [-0.2, 0) is 13.6 Å². The molecule has 0 saturated carbocycles. The molecule has 0 radical (unpaired) electrons. The Morgan fingerprint density at radius 3 is 2.70 bits per heavy atom. The topological polar surface area (TPSA) is 46.9 Å². The zero-order valence-corrected chi connectivity index (χ0v) is 11.2. The van der Waals surface area contributed by atoms with Gasteiger partial charge in [-0.15, -0.1) is 0 Å². The van der Waals surface area contributed by atoms with Crippen molar-refractivity contribution in [3.05, 3.63) is 66.1 Å². The molecule has 3 rings (SSSR count). The number of pyridine rings is 1. The van der Waals surface area contributed by atoms with Crippen molar-refractivity contribution in [3.8, 4) is 0 Å². The highest BCUT2D eigenvalue weighted by Gasteiger charge is 2.12. The van der Waals surface area contributed by atoms with E-state index < -0.39 is 0 Å². The van der Waals surface area contributed by atoms with Crippen LogP contribution in [0.15, 0.2) is 54.9 Å². The summed E-state index contributed by atoms with van der Waals surface area (Å²) in [5.74, 6) is -0.0690. The third-order valence-corrected chi connectivity index (χ3v) is 3.39. The fraction of sp³-hybridized carbons (Fsp3) is 0.125. The molecule has 0 bridgehead atoms. The number of nitrogens with zero attached hydrogens (tertiary/aromatic N) is 2.